The van der Waals surface area contributed by atoms with Crippen LogP contribution < -0.4 is 0 Å². The SMILES string of the molecule is CC.CC.CCCC(C)C(=O)N(CC)Cc1ccccc1. The van der Waals surface area contributed by atoms with Crippen molar-refractivity contribution in [1.29, 1.82) is 0 Å². The van der Waals surface area contributed by atoms with Gasteiger partial charge < -0.3 is 4.90 Å². The molecule has 0 radical (unpaired) electrons. The molecule has 0 saturated heterocycles. The van der Waals surface area contributed by atoms with Crippen molar-refractivity contribution in [2.24, 2.45) is 5.92 Å². The summed E-state index contributed by atoms with van der Waals surface area (Å²) in [6.45, 7) is 15.7. The molecule has 2 nitrogen and oxygen atoms in total. The van der Waals surface area contributed by atoms with Gasteiger partial charge in [0.05, 0.1) is 0 Å². The highest BCUT2D eigenvalue weighted by molar-refractivity contribution is 5.78. The topological polar surface area (TPSA) is 20.3 Å². The van der Waals surface area contributed by atoms with Gasteiger partial charge in [0.1, 0.15) is 0 Å². The minimum atomic E-state index is 0.142. The van der Waals surface area contributed by atoms with E-state index in [1.54, 1.807) is 0 Å². The number of hydrogen-bond acceptors (Lipinski definition) is 1. The third kappa shape index (κ3) is 9.28. The average Bonchev–Trinajstić information content (AvgIpc) is 2.57. The fraction of sp³-hybridized carbons (Fsp3) is 0.632. The Hall–Kier alpha value is -1.31. The maximum absolute atomic E-state index is 12.2. The molecule has 1 atom stereocenters. The predicted molar refractivity (Wildman–Crippen MR) is 94.3 cm³/mol. The molecule has 0 saturated carbocycles. The maximum atomic E-state index is 12.2. The van der Waals surface area contributed by atoms with Crippen LogP contribution in [0.1, 0.15) is 66.9 Å². The molecule has 0 aliphatic carbocycles. The second-order valence-electron chi connectivity index (χ2n) is 4.53. The van der Waals surface area contributed by atoms with Crippen LogP contribution in [0.4, 0.5) is 0 Å². The van der Waals surface area contributed by atoms with Crippen LogP contribution in [-0.4, -0.2) is 17.4 Å². The van der Waals surface area contributed by atoms with Gasteiger partial charge in [-0.05, 0) is 18.9 Å². The van der Waals surface area contributed by atoms with E-state index in [4.69, 9.17) is 0 Å². The maximum Gasteiger partial charge on any atom is 0.225 e. The lowest BCUT2D eigenvalue weighted by Crippen LogP contribution is -2.34. The van der Waals surface area contributed by atoms with Crippen molar-refractivity contribution in [2.45, 2.75) is 67.9 Å². The van der Waals surface area contributed by atoms with E-state index < -0.39 is 0 Å². The fourth-order valence-electron chi connectivity index (χ4n) is 2.02. The first-order valence-electron chi connectivity index (χ1n) is 8.51. The van der Waals surface area contributed by atoms with E-state index in [0.29, 0.717) is 0 Å². The molecular weight excluding hydrogens is 258 g/mol. The highest BCUT2D eigenvalue weighted by Gasteiger charge is 2.18. The van der Waals surface area contributed by atoms with E-state index >= 15 is 0 Å². The smallest absolute Gasteiger partial charge is 0.225 e. The summed E-state index contributed by atoms with van der Waals surface area (Å²) >= 11 is 0. The normalized spacial score (nSPS) is 10.4. The van der Waals surface area contributed by atoms with E-state index in [2.05, 4.69) is 19.1 Å². The highest BCUT2D eigenvalue weighted by atomic mass is 16.2. The van der Waals surface area contributed by atoms with Crippen LogP contribution in [0.15, 0.2) is 30.3 Å². The van der Waals surface area contributed by atoms with Gasteiger partial charge in [-0.3, -0.25) is 4.79 Å². The molecule has 2 heteroatoms. The Balaban J connectivity index is 0. The Kier molecular flexibility index (Phi) is 15.8. The van der Waals surface area contributed by atoms with E-state index in [1.165, 1.54) is 5.56 Å². The van der Waals surface area contributed by atoms with Gasteiger partial charge in [-0.1, -0.05) is 78.3 Å². The predicted octanol–water partition coefficient (Wildman–Crippen LogP) is 5.52. The largest absolute Gasteiger partial charge is 0.338 e. The van der Waals surface area contributed by atoms with Crippen molar-refractivity contribution in [1.82, 2.24) is 4.90 Å². The van der Waals surface area contributed by atoms with Crippen molar-refractivity contribution in [3.63, 3.8) is 0 Å². The summed E-state index contributed by atoms with van der Waals surface area (Å²) in [6, 6.07) is 10.2. The molecule has 1 unspecified atom stereocenters. The van der Waals surface area contributed by atoms with Crippen LogP contribution >= 0.6 is 0 Å². The number of carbonyl (C=O) groups excluding carboxylic acids is 1. The summed E-state index contributed by atoms with van der Waals surface area (Å²) in [5.74, 6) is 0.418. The van der Waals surface area contributed by atoms with Crippen molar-refractivity contribution < 1.29 is 4.79 Å². The summed E-state index contributed by atoms with van der Waals surface area (Å²) in [4.78, 5) is 14.1. The van der Waals surface area contributed by atoms with Gasteiger partial charge >= 0.3 is 0 Å². The number of nitrogens with zero attached hydrogens (tertiary/aromatic N) is 1. The molecule has 1 amide bonds. The van der Waals surface area contributed by atoms with Crippen LogP contribution in [0.25, 0.3) is 0 Å². The van der Waals surface area contributed by atoms with Crippen molar-refractivity contribution in [3.8, 4) is 0 Å². The quantitative estimate of drug-likeness (QED) is 0.676. The lowest BCUT2D eigenvalue weighted by Gasteiger charge is -2.24. The lowest BCUT2D eigenvalue weighted by molar-refractivity contribution is -0.135. The first kappa shape index (κ1) is 22.0. The highest BCUT2D eigenvalue weighted by Crippen LogP contribution is 2.12. The molecule has 0 aliphatic heterocycles. The minimum Gasteiger partial charge on any atom is -0.338 e. The van der Waals surface area contributed by atoms with Crippen LogP contribution in [0.5, 0.6) is 0 Å². The van der Waals surface area contributed by atoms with Crippen molar-refractivity contribution >= 4 is 5.91 Å². The summed E-state index contributed by atoms with van der Waals surface area (Å²) < 4.78 is 0. The number of rotatable bonds is 6. The average molecular weight is 293 g/mol. The molecule has 1 aromatic rings. The standard InChI is InChI=1S/C15H23NO.2C2H6/c1-4-9-13(3)15(17)16(5-2)12-14-10-7-6-8-11-14;2*1-2/h6-8,10-11,13H,4-5,9,12H2,1-3H3;2*1-2H3. The molecule has 0 fully saturated rings. The second kappa shape index (κ2) is 15.1. The van der Waals surface area contributed by atoms with Gasteiger partial charge in [0.15, 0.2) is 0 Å². The number of hydrogen-bond donors (Lipinski definition) is 0. The molecular formula is C19H35NO. The zero-order valence-corrected chi connectivity index (χ0v) is 15.1. The van der Waals surface area contributed by atoms with Gasteiger partial charge in [0.2, 0.25) is 5.91 Å². The molecule has 0 aromatic heterocycles. The second-order valence-corrected chi connectivity index (χ2v) is 4.53. The molecule has 1 rings (SSSR count). The Bertz CT molecular complexity index is 335. The molecule has 122 valence electrons. The third-order valence-electron chi connectivity index (χ3n) is 3.05. The number of benzene rings is 1. The molecule has 1 aromatic carbocycles. The fourth-order valence-corrected chi connectivity index (χ4v) is 2.02. The first-order chi connectivity index (χ1) is 10.2. The van der Waals surface area contributed by atoms with Crippen molar-refractivity contribution in [3.05, 3.63) is 35.9 Å². The van der Waals surface area contributed by atoms with E-state index in [9.17, 15) is 4.79 Å². The Morgan fingerprint density at radius 3 is 2.00 bits per heavy atom. The van der Waals surface area contributed by atoms with Gasteiger partial charge in [0.25, 0.3) is 0 Å². The lowest BCUT2D eigenvalue weighted by atomic mass is 10.0. The minimum absolute atomic E-state index is 0.142. The van der Waals surface area contributed by atoms with Crippen molar-refractivity contribution in [2.75, 3.05) is 6.54 Å². The zero-order chi connectivity index (χ0) is 16.7. The van der Waals surface area contributed by atoms with Crippen LogP contribution in [0.3, 0.4) is 0 Å². The molecule has 0 spiro atoms. The van der Waals surface area contributed by atoms with E-state index in [0.717, 1.165) is 25.9 Å². The van der Waals surface area contributed by atoms with E-state index in [-0.39, 0.29) is 11.8 Å². The third-order valence-corrected chi connectivity index (χ3v) is 3.05. The Morgan fingerprint density at radius 2 is 1.57 bits per heavy atom. The Labute approximate surface area is 132 Å². The summed E-state index contributed by atoms with van der Waals surface area (Å²) in [5, 5.41) is 0. The summed E-state index contributed by atoms with van der Waals surface area (Å²) in [5.41, 5.74) is 1.20. The van der Waals surface area contributed by atoms with Gasteiger partial charge in [-0.15, -0.1) is 0 Å². The van der Waals surface area contributed by atoms with Gasteiger partial charge in [-0.25, -0.2) is 0 Å². The molecule has 0 N–H and O–H groups in total. The van der Waals surface area contributed by atoms with Crippen LogP contribution in [0.2, 0.25) is 0 Å². The summed E-state index contributed by atoms with van der Waals surface area (Å²) in [6.07, 6.45) is 2.04. The molecule has 0 heterocycles. The molecule has 0 bridgehead atoms. The van der Waals surface area contributed by atoms with Gasteiger partial charge in [0, 0.05) is 19.0 Å². The number of amides is 1. The summed E-state index contributed by atoms with van der Waals surface area (Å²) in [7, 11) is 0. The van der Waals surface area contributed by atoms with Crippen LogP contribution in [-0.2, 0) is 11.3 Å². The molecule has 0 aliphatic rings. The van der Waals surface area contributed by atoms with Gasteiger partial charge in [-0.2, -0.15) is 0 Å². The number of carbonyl (C=O) groups is 1. The zero-order valence-electron chi connectivity index (χ0n) is 15.1. The Morgan fingerprint density at radius 1 is 1.05 bits per heavy atom. The van der Waals surface area contributed by atoms with E-state index in [1.807, 2.05) is 64.6 Å². The first-order valence-corrected chi connectivity index (χ1v) is 8.51. The monoisotopic (exact) mass is 293 g/mol. The molecule has 21 heavy (non-hydrogen) atoms. The van der Waals surface area contributed by atoms with Crippen LogP contribution in [0, 0.1) is 5.92 Å².